The normalized spacial score (nSPS) is 14.8. The van der Waals surface area contributed by atoms with Crippen molar-refractivity contribution < 1.29 is 5.11 Å². The van der Waals surface area contributed by atoms with E-state index in [9.17, 15) is 5.11 Å². The van der Waals surface area contributed by atoms with Crippen LogP contribution in [0.25, 0.3) is 0 Å². The lowest BCUT2D eigenvalue weighted by atomic mass is 9.99. The molecule has 0 aliphatic heterocycles. The molecule has 19 heavy (non-hydrogen) atoms. The van der Waals surface area contributed by atoms with E-state index in [0.29, 0.717) is 6.04 Å². The Bertz CT molecular complexity index is 182. The molecular formula is C17H37NO. The first kappa shape index (κ1) is 18.9. The first-order valence-corrected chi connectivity index (χ1v) is 8.47. The minimum absolute atomic E-state index is 0.163. The summed E-state index contributed by atoms with van der Waals surface area (Å²) in [6.45, 7) is 4.34. The summed E-state index contributed by atoms with van der Waals surface area (Å²) < 4.78 is 0. The zero-order valence-electron chi connectivity index (χ0n) is 13.8. The average Bonchev–Trinajstić information content (AvgIpc) is 2.40. The first-order chi connectivity index (χ1) is 9.13. The number of aliphatic hydroxyl groups is 1. The third-order valence-electron chi connectivity index (χ3n) is 4.13. The fraction of sp³-hybridized carbons (Fsp3) is 1.00. The molecule has 0 aliphatic rings. The largest absolute Gasteiger partial charge is 0.392 e. The molecule has 2 atom stereocenters. The SMILES string of the molecule is CCCCCCCCCCCC(C(O)CC)N(C)C. The molecule has 0 saturated carbocycles. The molecule has 0 spiro atoms. The maximum Gasteiger partial charge on any atom is 0.0692 e. The molecule has 2 nitrogen and oxygen atoms in total. The zero-order valence-corrected chi connectivity index (χ0v) is 13.8. The lowest BCUT2D eigenvalue weighted by Gasteiger charge is -2.28. The van der Waals surface area contributed by atoms with Crippen LogP contribution in [0.15, 0.2) is 0 Å². The van der Waals surface area contributed by atoms with E-state index in [1.807, 2.05) is 0 Å². The second kappa shape index (κ2) is 12.9. The minimum Gasteiger partial charge on any atom is -0.392 e. The molecule has 0 radical (unpaired) electrons. The average molecular weight is 271 g/mol. The van der Waals surface area contributed by atoms with Crippen molar-refractivity contribution in [2.24, 2.45) is 0 Å². The van der Waals surface area contributed by atoms with Crippen LogP contribution in [-0.2, 0) is 0 Å². The summed E-state index contributed by atoms with van der Waals surface area (Å²) >= 11 is 0. The van der Waals surface area contributed by atoms with E-state index in [0.717, 1.165) is 12.8 Å². The van der Waals surface area contributed by atoms with E-state index in [1.165, 1.54) is 57.8 Å². The van der Waals surface area contributed by atoms with Gasteiger partial charge in [-0.15, -0.1) is 0 Å². The van der Waals surface area contributed by atoms with Gasteiger partial charge < -0.3 is 10.0 Å². The Morgan fingerprint density at radius 3 is 1.68 bits per heavy atom. The molecule has 0 rings (SSSR count). The summed E-state index contributed by atoms with van der Waals surface area (Å²) in [6, 6.07) is 0.342. The third kappa shape index (κ3) is 10.4. The smallest absolute Gasteiger partial charge is 0.0692 e. The van der Waals surface area contributed by atoms with Gasteiger partial charge in [0.15, 0.2) is 0 Å². The second-order valence-electron chi connectivity index (χ2n) is 6.12. The number of rotatable bonds is 13. The van der Waals surface area contributed by atoms with Crippen molar-refractivity contribution in [3.63, 3.8) is 0 Å². The fourth-order valence-electron chi connectivity index (χ4n) is 2.73. The number of unbranched alkanes of at least 4 members (excludes halogenated alkanes) is 8. The van der Waals surface area contributed by atoms with E-state index in [1.54, 1.807) is 0 Å². The standard InChI is InChI=1S/C17H37NO/c1-5-7-8-9-10-11-12-13-14-15-16(18(3)4)17(19)6-2/h16-17,19H,5-15H2,1-4H3. The predicted octanol–water partition coefficient (Wildman–Crippen LogP) is 4.61. The van der Waals surface area contributed by atoms with Crippen LogP contribution in [0.3, 0.4) is 0 Å². The molecule has 0 aromatic carbocycles. The van der Waals surface area contributed by atoms with Crippen LogP contribution in [0.2, 0.25) is 0 Å². The lowest BCUT2D eigenvalue weighted by molar-refractivity contribution is 0.0666. The quantitative estimate of drug-likeness (QED) is 0.495. The molecule has 0 fully saturated rings. The Morgan fingerprint density at radius 2 is 1.26 bits per heavy atom. The molecule has 0 aromatic rings. The Kier molecular flexibility index (Phi) is 12.9. The van der Waals surface area contributed by atoms with Crippen molar-refractivity contribution in [1.29, 1.82) is 0 Å². The van der Waals surface area contributed by atoms with Gasteiger partial charge in [0.1, 0.15) is 0 Å². The fourth-order valence-corrected chi connectivity index (χ4v) is 2.73. The molecular weight excluding hydrogens is 234 g/mol. The van der Waals surface area contributed by atoms with Crippen LogP contribution >= 0.6 is 0 Å². The maximum atomic E-state index is 9.97. The van der Waals surface area contributed by atoms with Crippen LogP contribution in [0, 0.1) is 0 Å². The van der Waals surface area contributed by atoms with Crippen LogP contribution in [0.4, 0.5) is 0 Å². The molecule has 0 aliphatic carbocycles. The molecule has 1 N–H and O–H groups in total. The topological polar surface area (TPSA) is 23.5 Å². The molecule has 116 valence electrons. The van der Waals surface area contributed by atoms with Crippen molar-refractivity contribution in [3.05, 3.63) is 0 Å². The van der Waals surface area contributed by atoms with E-state index in [2.05, 4.69) is 32.8 Å². The number of nitrogens with zero attached hydrogens (tertiary/aromatic N) is 1. The molecule has 0 bridgehead atoms. The van der Waals surface area contributed by atoms with E-state index in [4.69, 9.17) is 0 Å². The van der Waals surface area contributed by atoms with E-state index < -0.39 is 0 Å². The van der Waals surface area contributed by atoms with Gasteiger partial charge in [-0.1, -0.05) is 71.6 Å². The van der Waals surface area contributed by atoms with Crippen molar-refractivity contribution in [3.8, 4) is 0 Å². The van der Waals surface area contributed by atoms with Gasteiger partial charge in [0.25, 0.3) is 0 Å². The Balaban J connectivity index is 3.45. The van der Waals surface area contributed by atoms with Crippen molar-refractivity contribution in [1.82, 2.24) is 4.90 Å². The maximum absolute atomic E-state index is 9.97. The highest BCUT2D eigenvalue weighted by Crippen LogP contribution is 2.15. The summed E-state index contributed by atoms with van der Waals surface area (Å²) in [5.74, 6) is 0. The minimum atomic E-state index is -0.163. The van der Waals surface area contributed by atoms with Crippen LogP contribution < -0.4 is 0 Å². The second-order valence-corrected chi connectivity index (χ2v) is 6.12. The van der Waals surface area contributed by atoms with Gasteiger partial charge in [-0.2, -0.15) is 0 Å². The summed E-state index contributed by atoms with van der Waals surface area (Å²) in [7, 11) is 4.16. The lowest BCUT2D eigenvalue weighted by Crippen LogP contribution is -2.38. The summed E-state index contributed by atoms with van der Waals surface area (Å²) in [5, 5.41) is 9.97. The van der Waals surface area contributed by atoms with E-state index >= 15 is 0 Å². The van der Waals surface area contributed by atoms with Gasteiger partial charge >= 0.3 is 0 Å². The van der Waals surface area contributed by atoms with Crippen LogP contribution in [-0.4, -0.2) is 36.2 Å². The van der Waals surface area contributed by atoms with Crippen LogP contribution in [0.1, 0.15) is 84.5 Å². The monoisotopic (exact) mass is 271 g/mol. The van der Waals surface area contributed by atoms with Crippen molar-refractivity contribution >= 4 is 0 Å². The van der Waals surface area contributed by atoms with Gasteiger partial charge in [0.05, 0.1) is 6.10 Å². The molecule has 0 amide bonds. The van der Waals surface area contributed by atoms with Gasteiger partial charge in [-0.05, 0) is 26.9 Å². The van der Waals surface area contributed by atoms with Gasteiger partial charge in [-0.25, -0.2) is 0 Å². The highest BCUT2D eigenvalue weighted by Gasteiger charge is 2.18. The number of likely N-dealkylation sites (N-methyl/N-ethyl adjacent to an activating group) is 1. The Hall–Kier alpha value is -0.0800. The first-order valence-electron chi connectivity index (χ1n) is 8.47. The van der Waals surface area contributed by atoms with Gasteiger partial charge in [0.2, 0.25) is 0 Å². The van der Waals surface area contributed by atoms with Crippen molar-refractivity contribution in [2.75, 3.05) is 14.1 Å². The molecule has 0 heterocycles. The molecule has 2 heteroatoms. The molecule has 0 saturated heterocycles. The summed E-state index contributed by atoms with van der Waals surface area (Å²) in [4.78, 5) is 2.18. The van der Waals surface area contributed by atoms with Crippen LogP contribution in [0.5, 0.6) is 0 Å². The molecule has 0 aromatic heterocycles. The highest BCUT2D eigenvalue weighted by atomic mass is 16.3. The van der Waals surface area contributed by atoms with Crippen molar-refractivity contribution in [2.45, 2.75) is 96.6 Å². The number of hydrogen-bond acceptors (Lipinski definition) is 2. The zero-order chi connectivity index (χ0) is 14.5. The van der Waals surface area contributed by atoms with E-state index in [-0.39, 0.29) is 6.10 Å². The predicted molar refractivity (Wildman–Crippen MR) is 85.6 cm³/mol. The van der Waals surface area contributed by atoms with Gasteiger partial charge in [0, 0.05) is 6.04 Å². The number of hydrogen-bond donors (Lipinski definition) is 1. The summed E-state index contributed by atoms with van der Waals surface area (Å²) in [6.07, 6.45) is 14.2. The Labute approximate surface area is 121 Å². The summed E-state index contributed by atoms with van der Waals surface area (Å²) in [5.41, 5.74) is 0. The Morgan fingerprint density at radius 1 is 0.789 bits per heavy atom. The van der Waals surface area contributed by atoms with Gasteiger partial charge in [-0.3, -0.25) is 0 Å². The highest BCUT2D eigenvalue weighted by molar-refractivity contribution is 4.74. The number of aliphatic hydroxyl groups excluding tert-OH is 1. The molecule has 2 unspecified atom stereocenters. The third-order valence-corrected chi connectivity index (χ3v) is 4.13.